The van der Waals surface area contributed by atoms with Gasteiger partial charge in [0.2, 0.25) is 5.91 Å². The Hall–Kier alpha value is -2.94. The number of amides is 2. The number of rotatable bonds is 13. The number of hydrogen-bond acceptors (Lipinski definition) is 6. The van der Waals surface area contributed by atoms with Crippen molar-refractivity contribution in [3.8, 4) is 5.75 Å². The summed E-state index contributed by atoms with van der Waals surface area (Å²) in [6.07, 6.45) is 7.98. The van der Waals surface area contributed by atoms with Crippen molar-refractivity contribution in [2.24, 2.45) is 0 Å². The zero-order valence-electron chi connectivity index (χ0n) is 22.5. The van der Waals surface area contributed by atoms with Crippen LogP contribution in [0.3, 0.4) is 0 Å². The number of nitrogens with one attached hydrogen (secondary N) is 2. The van der Waals surface area contributed by atoms with Gasteiger partial charge >= 0.3 is 0 Å². The molecule has 0 spiro atoms. The first-order valence-corrected chi connectivity index (χ1v) is 14.0. The Kier molecular flexibility index (Phi) is 11.0. The molecule has 0 aromatic heterocycles. The van der Waals surface area contributed by atoms with Crippen LogP contribution >= 0.6 is 0 Å². The van der Waals surface area contributed by atoms with Gasteiger partial charge in [0.15, 0.2) is 6.29 Å². The van der Waals surface area contributed by atoms with Crippen molar-refractivity contribution < 1.29 is 23.9 Å². The second-order valence-electron chi connectivity index (χ2n) is 10.0. The Labute approximate surface area is 225 Å². The fourth-order valence-electron chi connectivity index (χ4n) is 4.90. The lowest BCUT2D eigenvalue weighted by Crippen LogP contribution is -2.38. The molecule has 2 unspecified atom stereocenters. The SMILES string of the molecule is CCN1CCC(NC(=O)C(=CCCCCC(=O)NOC2CCCCO2)COc2cccc3ccccc23)C1. The van der Waals surface area contributed by atoms with E-state index in [1.54, 1.807) is 0 Å². The molecule has 206 valence electrons. The number of allylic oxidation sites excluding steroid dienone is 1. The quantitative estimate of drug-likeness (QED) is 0.229. The van der Waals surface area contributed by atoms with Crippen molar-refractivity contribution in [2.45, 2.75) is 70.6 Å². The summed E-state index contributed by atoms with van der Waals surface area (Å²) < 4.78 is 11.6. The number of likely N-dealkylation sites (N-methyl/N-ethyl adjacent to an activating group) is 1. The Morgan fingerprint density at radius 3 is 2.79 bits per heavy atom. The van der Waals surface area contributed by atoms with E-state index in [-0.39, 0.29) is 30.8 Å². The van der Waals surface area contributed by atoms with E-state index in [9.17, 15) is 9.59 Å². The van der Waals surface area contributed by atoms with Gasteiger partial charge in [0.1, 0.15) is 12.4 Å². The molecule has 2 saturated heterocycles. The monoisotopic (exact) mass is 523 g/mol. The highest BCUT2D eigenvalue weighted by atomic mass is 16.8. The third-order valence-electron chi connectivity index (χ3n) is 7.17. The fraction of sp³-hybridized carbons (Fsp3) is 0.533. The summed E-state index contributed by atoms with van der Waals surface area (Å²) in [6.45, 7) is 5.88. The minimum atomic E-state index is -0.345. The van der Waals surface area contributed by atoms with Gasteiger partial charge in [-0.3, -0.25) is 9.59 Å². The number of carbonyl (C=O) groups is 2. The molecule has 0 bridgehead atoms. The van der Waals surface area contributed by atoms with Gasteiger partial charge in [0.25, 0.3) is 5.91 Å². The molecule has 8 heteroatoms. The molecule has 0 saturated carbocycles. The molecule has 0 radical (unpaired) electrons. The molecule has 8 nitrogen and oxygen atoms in total. The molecule has 2 amide bonds. The van der Waals surface area contributed by atoms with Crippen molar-refractivity contribution in [3.63, 3.8) is 0 Å². The standard InChI is InChI=1S/C30H41N3O5/c1-2-33-19-18-25(21-33)31-30(35)24(22-37-27-15-10-13-23-11-6-7-14-26(23)27)12-4-3-5-16-28(34)32-38-29-17-8-9-20-36-29/h6-7,10-15,25,29H,2-5,8-9,16-22H2,1H3,(H,31,35)(H,32,34). The van der Waals surface area contributed by atoms with E-state index in [4.69, 9.17) is 14.3 Å². The highest BCUT2D eigenvalue weighted by molar-refractivity contribution is 5.94. The van der Waals surface area contributed by atoms with Crippen molar-refractivity contribution >= 4 is 22.6 Å². The number of fused-ring (bicyclic) bond motifs is 1. The predicted octanol–water partition coefficient (Wildman–Crippen LogP) is 4.49. The second kappa shape index (κ2) is 14.9. The maximum absolute atomic E-state index is 13.2. The van der Waals surface area contributed by atoms with Crippen molar-refractivity contribution in [1.29, 1.82) is 0 Å². The van der Waals surface area contributed by atoms with Gasteiger partial charge in [-0.15, -0.1) is 0 Å². The van der Waals surface area contributed by atoms with Gasteiger partial charge in [-0.25, -0.2) is 10.3 Å². The zero-order chi connectivity index (χ0) is 26.6. The van der Waals surface area contributed by atoms with E-state index in [2.05, 4.69) is 34.8 Å². The average Bonchev–Trinajstić information content (AvgIpc) is 3.41. The molecule has 2 aromatic carbocycles. The molecule has 2 fully saturated rings. The van der Waals surface area contributed by atoms with E-state index in [1.807, 2.05) is 36.4 Å². The molecule has 2 atom stereocenters. The molecular weight excluding hydrogens is 482 g/mol. The maximum Gasteiger partial charge on any atom is 0.250 e. The molecule has 0 aliphatic carbocycles. The Morgan fingerprint density at radius 2 is 1.97 bits per heavy atom. The summed E-state index contributed by atoms with van der Waals surface area (Å²) in [6, 6.07) is 14.2. The predicted molar refractivity (Wildman–Crippen MR) is 147 cm³/mol. The highest BCUT2D eigenvalue weighted by Gasteiger charge is 2.24. The molecule has 38 heavy (non-hydrogen) atoms. The summed E-state index contributed by atoms with van der Waals surface area (Å²) in [4.78, 5) is 33.0. The summed E-state index contributed by atoms with van der Waals surface area (Å²) in [7, 11) is 0. The van der Waals surface area contributed by atoms with Gasteiger partial charge in [0, 0.05) is 44.0 Å². The summed E-state index contributed by atoms with van der Waals surface area (Å²) in [5, 5.41) is 5.33. The largest absolute Gasteiger partial charge is 0.488 e. The average molecular weight is 524 g/mol. The van der Waals surface area contributed by atoms with Crippen LogP contribution in [0.1, 0.15) is 58.3 Å². The third-order valence-corrected chi connectivity index (χ3v) is 7.17. The maximum atomic E-state index is 13.2. The van der Waals surface area contributed by atoms with Crippen LogP contribution in [0.15, 0.2) is 54.1 Å². The number of carbonyl (C=O) groups excluding carboxylic acids is 2. The number of benzene rings is 2. The third kappa shape index (κ3) is 8.55. The summed E-state index contributed by atoms with van der Waals surface area (Å²) in [5.41, 5.74) is 3.13. The van der Waals surface area contributed by atoms with Crippen LogP contribution < -0.4 is 15.5 Å². The van der Waals surface area contributed by atoms with E-state index >= 15 is 0 Å². The Morgan fingerprint density at radius 1 is 1.11 bits per heavy atom. The van der Waals surface area contributed by atoms with Crippen molar-refractivity contribution in [2.75, 3.05) is 32.8 Å². The van der Waals surface area contributed by atoms with E-state index in [0.29, 0.717) is 31.4 Å². The van der Waals surface area contributed by atoms with Crippen LogP contribution in [0.4, 0.5) is 0 Å². The van der Waals surface area contributed by atoms with Crippen LogP contribution in [0, 0.1) is 0 Å². The van der Waals surface area contributed by atoms with E-state index in [0.717, 1.165) is 68.3 Å². The second-order valence-corrected chi connectivity index (χ2v) is 10.0. The van der Waals surface area contributed by atoms with Crippen molar-refractivity contribution in [1.82, 2.24) is 15.7 Å². The first-order valence-electron chi connectivity index (χ1n) is 14.0. The van der Waals surface area contributed by atoms with Crippen LogP contribution in [0.25, 0.3) is 10.8 Å². The van der Waals surface area contributed by atoms with Gasteiger partial charge in [-0.05, 0) is 56.5 Å². The molecule has 2 aliphatic heterocycles. The smallest absolute Gasteiger partial charge is 0.250 e. The van der Waals surface area contributed by atoms with Crippen LogP contribution in [0.2, 0.25) is 0 Å². The highest BCUT2D eigenvalue weighted by Crippen LogP contribution is 2.25. The lowest BCUT2D eigenvalue weighted by Gasteiger charge is -2.22. The number of unbranched alkanes of at least 4 members (excludes halogenated alkanes) is 2. The fourth-order valence-corrected chi connectivity index (χ4v) is 4.90. The number of ether oxygens (including phenoxy) is 2. The van der Waals surface area contributed by atoms with Crippen molar-refractivity contribution in [3.05, 3.63) is 54.1 Å². The number of hydroxylamine groups is 1. The van der Waals surface area contributed by atoms with Crippen LogP contribution in [0.5, 0.6) is 5.75 Å². The molecule has 2 heterocycles. The first kappa shape index (κ1) is 28.1. The lowest BCUT2D eigenvalue weighted by atomic mass is 10.1. The molecule has 2 aliphatic rings. The minimum absolute atomic E-state index is 0.0770. The van der Waals surface area contributed by atoms with Crippen LogP contribution in [-0.4, -0.2) is 61.9 Å². The first-order chi connectivity index (χ1) is 18.6. The van der Waals surface area contributed by atoms with Crippen LogP contribution in [-0.2, 0) is 19.2 Å². The number of hydrogen-bond donors (Lipinski definition) is 2. The van der Waals surface area contributed by atoms with Gasteiger partial charge in [-0.2, -0.15) is 0 Å². The molecule has 4 rings (SSSR count). The Balaban J connectivity index is 1.29. The summed E-state index contributed by atoms with van der Waals surface area (Å²) in [5.74, 6) is 0.535. The molecular formula is C30H41N3O5. The summed E-state index contributed by atoms with van der Waals surface area (Å²) >= 11 is 0. The van der Waals surface area contributed by atoms with Gasteiger partial charge in [-0.1, -0.05) is 49.4 Å². The topological polar surface area (TPSA) is 89.1 Å². The minimum Gasteiger partial charge on any atom is -0.488 e. The number of likely N-dealkylation sites (tertiary alicyclic amines) is 1. The number of nitrogens with zero attached hydrogens (tertiary/aromatic N) is 1. The Bertz CT molecular complexity index is 1080. The normalized spacial score (nSPS) is 20.4. The van der Waals surface area contributed by atoms with Gasteiger partial charge < -0.3 is 19.7 Å². The van der Waals surface area contributed by atoms with Gasteiger partial charge in [0.05, 0.1) is 5.57 Å². The molecule has 2 N–H and O–H groups in total. The lowest BCUT2D eigenvalue weighted by molar-refractivity contribution is -0.200. The molecule has 2 aromatic rings. The van der Waals surface area contributed by atoms with E-state index in [1.165, 1.54) is 0 Å². The zero-order valence-corrected chi connectivity index (χ0v) is 22.5. The van der Waals surface area contributed by atoms with E-state index < -0.39 is 0 Å².